The van der Waals surface area contributed by atoms with E-state index in [1.54, 1.807) is 0 Å². The first-order chi connectivity index (χ1) is 10.2. The molecule has 3 aromatic rings. The molecule has 0 saturated carbocycles. The molecule has 3 heteroatoms. The molecular formula is C18H17BrN2. The van der Waals surface area contributed by atoms with Crippen LogP contribution in [0.1, 0.15) is 24.1 Å². The Hall–Kier alpha value is -1.71. The van der Waals surface area contributed by atoms with Gasteiger partial charge in [-0.1, -0.05) is 40.2 Å². The molecule has 3 rings (SSSR count). The third-order valence-electron chi connectivity index (χ3n) is 3.65. The zero-order valence-corrected chi connectivity index (χ0v) is 13.5. The summed E-state index contributed by atoms with van der Waals surface area (Å²) in [5, 5.41) is 4.75. The standard InChI is InChI=1S/C18H17BrN2/c1-13(15-5-7-17(19)8-6-15)21-12-14-4-9-18-16(11-14)3-2-10-20-18/h2-11,13,21H,12H2,1H3. The van der Waals surface area contributed by atoms with Crippen LogP contribution in [0.25, 0.3) is 10.9 Å². The molecule has 1 aromatic heterocycles. The van der Waals surface area contributed by atoms with Crippen molar-refractivity contribution in [3.05, 3.63) is 76.4 Å². The first kappa shape index (κ1) is 14.2. The quantitative estimate of drug-likeness (QED) is 0.734. The highest BCUT2D eigenvalue weighted by molar-refractivity contribution is 9.10. The lowest BCUT2D eigenvalue weighted by Crippen LogP contribution is -2.17. The van der Waals surface area contributed by atoms with E-state index in [1.807, 2.05) is 12.3 Å². The first-order valence-electron chi connectivity index (χ1n) is 7.05. The van der Waals surface area contributed by atoms with Crippen molar-refractivity contribution in [3.63, 3.8) is 0 Å². The summed E-state index contributed by atoms with van der Waals surface area (Å²) in [4.78, 5) is 4.35. The van der Waals surface area contributed by atoms with E-state index < -0.39 is 0 Å². The lowest BCUT2D eigenvalue weighted by atomic mass is 10.1. The van der Waals surface area contributed by atoms with Gasteiger partial charge in [-0.2, -0.15) is 0 Å². The van der Waals surface area contributed by atoms with Gasteiger partial charge in [0.15, 0.2) is 0 Å². The number of nitrogens with one attached hydrogen (secondary N) is 1. The number of benzene rings is 2. The molecule has 0 radical (unpaired) electrons. The van der Waals surface area contributed by atoms with E-state index in [1.165, 1.54) is 16.5 Å². The molecule has 1 heterocycles. The van der Waals surface area contributed by atoms with Gasteiger partial charge >= 0.3 is 0 Å². The maximum Gasteiger partial charge on any atom is 0.0702 e. The Morgan fingerprint density at radius 1 is 1.10 bits per heavy atom. The van der Waals surface area contributed by atoms with Crippen LogP contribution in [-0.4, -0.2) is 4.98 Å². The second-order valence-corrected chi connectivity index (χ2v) is 6.10. The van der Waals surface area contributed by atoms with Gasteiger partial charge in [0.05, 0.1) is 5.52 Å². The SMILES string of the molecule is CC(NCc1ccc2ncccc2c1)c1ccc(Br)cc1. The fourth-order valence-corrected chi connectivity index (χ4v) is 2.64. The van der Waals surface area contributed by atoms with E-state index in [9.17, 15) is 0 Å². The van der Waals surface area contributed by atoms with Gasteiger partial charge in [0.1, 0.15) is 0 Å². The van der Waals surface area contributed by atoms with Crippen LogP contribution >= 0.6 is 15.9 Å². The minimum Gasteiger partial charge on any atom is -0.306 e. The van der Waals surface area contributed by atoms with Crippen molar-refractivity contribution in [1.29, 1.82) is 0 Å². The van der Waals surface area contributed by atoms with Gasteiger partial charge in [0.2, 0.25) is 0 Å². The molecule has 0 fully saturated rings. The Labute approximate surface area is 133 Å². The van der Waals surface area contributed by atoms with Gasteiger partial charge in [-0.25, -0.2) is 0 Å². The topological polar surface area (TPSA) is 24.9 Å². The van der Waals surface area contributed by atoms with Crippen LogP contribution in [0.5, 0.6) is 0 Å². The van der Waals surface area contributed by atoms with Gasteiger partial charge in [-0.3, -0.25) is 4.98 Å². The first-order valence-corrected chi connectivity index (χ1v) is 7.84. The third-order valence-corrected chi connectivity index (χ3v) is 4.18. The molecule has 1 unspecified atom stereocenters. The van der Waals surface area contributed by atoms with E-state index in [2.05, 4.69) is 81.7 Å². The number of hydrogen-bond donors (Lipinski definition) is 1. The van der Waals surface area contributed by atoms with Crippen LogP contribution in [0.4, 0.5) is 0 Å². The number of halogens is 1. The summed E-state index contributed by atoms with van der Waals surface area (Å²) in [5.41, 5.74) is 3.61. The molecule has 0 saturated heterocycles. The zero-order valence-electron chi connectivity index (χ0n) is 11.9. The summed E-state index contributed by atoms with van der Waals surface area (Å²) < 4.78 is 1.11. The lowest BCUT2D eigenvalue weighted by Gasteiger charge is -2.14. The molecular weight excluding hydrogens is 324 g/mol. The van der Waals surface area contributed by atoms with Gasteiger partial charge in [0.25, 0.3) is 0 Å². The predicted octanol–water partition coefficient (Wildman–Crippen LogP) is 4.85. The number of nitrogens with zero attached hydrogens (tertiary/aromatic N) is 1. The predicted molar refractivity (Wildman–Crippen MR) is 91.1 cm³/mol. The summed E-state index contributed by atoms with van der Waals surface area (Å²) in [6.45, 7) is 3.04. The average Bonchev–Trinajstić information content (AvgIpc) is 2.53. The van der Waals surface area contributed by atoms with Crippen molar-refractivity contribution in [2.24, 2.45) is 0 Å². The summed E-state index contributed by atoms with van der Waals surface area (Å²) in [5.74, 6) is 0. The van der Waals surface area contributed by atoms with Crippen LogP contribution < -0.4 is 5.32 Å². The van der Waals surface area contributed by atoms with E-state index in [-0.39, 0.29) is 0 Å². The van der Waals surface area contributed by atoms with Crippen LogP contribution in [-0.2, 0) is 6.54 Å². The van der Waals surface area contributed by atoms with Crippen molar-refractivity contribution in [1.82, 2.24) is 10.3 Å². The number of aromatic nitrogens is 1. The normalized spacial score (nSPS) is 12.5. The Kier molecular flexibility index (Phi) is 4.32. The van der Waals surface area contributed by atoms with Crippen molar-refractivity contribution in [3.8, 4) is 0 Å². The fraction of sp³-hybridized carbons (Fsp3) is 0.167. The second kappa shape index (κ2) is 6.37. The van der Waals surface area contributed by atoms with Gasteiger partial charge < -0.3 is 5.32 Å². The molecule has 2 nitrogen and oxygen atoms in total. The van der Waals surface area contributed by atoms with Crippen LogP contribution in [0.15, 0.2) is 65.3 Å². The Bertz CT molecular complexity index is 738. The summed E-state index contributed by atoms with van der Waals surface area (Å²) in [7, 11) is 0. The number of fused-ring (bicyclic) bond motifs is 1. The largest absolute Gasteiger partial charge is 0.306 e. The molecule has 1 atom stereocenters. The Morgan fingerprint density at radius 3 is 2.71 bits per heavy atom. The van der Waals surface area contributed by atoms with Crippen molar-refractivity contribution in [2.75, 3.05) is 0 Å². The molecule has 106 valence electrons. The van der Waals surface area contributed by atoms with Gasteiger partial charge in [0, 0.05) is 28.6 Å². The molecule has 0 amide bonds. The summed E-state index contributed by atoms with van der Waals surface area (Å²) >= 11 is 3.47. The molecule has 0 aliphatic carbocycles. The third kappa shape index (κ3) is 3.49. The van der Waals surface area contributed by atoms with E-state index in [4.69, 9.17) is 0 Å². The molecule has 0 bridgehead atoms. The molecule has 1 N–H and O–H groups in total. The van der Waals surface area contributed by atoms with Crippen molar-refractivity contribution >= 4 is 26.8 Å². The van der Waals surface area contributed by atoms with E-state index in [0.717, 1.165) is 16.5 Å². The lowest BCUT2D eigenvalue weighted by molar-refractivity contribution is 0.575. The second-order valence-electron chi connectivity index (χ2n) is 5.18. The van der Waals surface area contributed by atoms with Crippen LogP contribution in [0.2, 0.25) is 0 Å². The van der Waals surface area contributed by atoms with E-state index in [0.29, 0.717) is 6.04 Å². The number of hydrogen-bond acceptors (Lipinski definition) is 2. The van der Waals surface area contributed by atoms with Crippen LogP contribution in [0, 0.1) is 0 Å². The maximum atomic E-state index is 4.35. The fourth-order valence-electron chi connectivity index (χ4n) is 2.38. The van der Waals surface area contributed by atoms with Gasteiger partial charge in [-0.15, -0.1) is 0 Å². The minimum atomic E-state index is 0.322. The van der Waals surface area contributed by atoms with Crippen LogP contribution in [0.3, 0.4) is 0 Å². The molecule has 0 aliphatic heterocycles. The van der Waals surface area contributed by atoms with Gasteiger partial charge in [-0.05, 0) is 48.4 Å². The number of pyridine rings is 1. The molecule has 0 spiro atoms. The molecule has 2 aromatic carbocycles. The summed E-state index contributed by atoms with van der Waals surface area (Å²) in [6.07, 6.45) is 1.83. The highest BCUT2D eigenvalue weighted by atomic mass is 79.9. The summed E-state index contributed by atoms with van der Waals surface area (Å²) in [6, 6.07) is 19.3. The highest BCUT2D eigenvalue weighted by Crippen LogP contribution is 2.18. The van der Waals surface area contributed by atoms with Crippen molar-refractivity contribution in [2.45, 2.75) is 19.5 Å². The van der Waals surface area contributed by atoms with Crippen molar-refractivity contribution < 1.29 is 0 Å². The van der Waals surface area contributed by atoms with E-state index >= 15 is 0 Å². The smallest absolute Gasteiger partial charge is 0.0702 e. The molecule has 0 aliphatic rings. The average molecular weight is 341 g/mol. The highest BCUT2D eigenvalue weighted by Gasteiger charge is 2.05. The maximum absolute atomic E-state index is 4.35. The Balaban J connectivity index is 1.69. The monoisotopic (exact) mass is 340 g/mol. The Morgan fingerprint density at radius 2 is 1.90 bits per heavy atom. The molecule has 21 heavy (non-hydrogen) atoms. The minimum absolute atomic E-state index is 0.322. The zero-order chi connectivity index (χ0) is 14.7. The number of rotatable bonds is 4.